The fourth-order valence-electron chi connectivity index (χ4n) is 1.33. The maximum absolute atomic E-state index is 5.64. The molecule has 13 heavy (non-hydrogen) atoms. The number of nitrogens with two attached hydrogens (primary N) is 1. The molecule has 1 aromatic rings. The Hall–Kier alpha value is -1.49. The summed E-state index contributed by atoms with van der Waals surface area (Å²) >= 11 is 0. The van der Waals surface area contributed by atoms with Crippen LogP contribution in [0.1, 0.15) is 36.6 Å². The lowest BCUT2D eigenvalue weighted by Gasteiger charge is -2.10. The normalized spacial score (nSPS) is 10.1. The Morgan fingerprint density at radius 2 is 2.15 bits per heavy atom. The second-order valence-electron chi connectivity index (χ2n) is 3.42. The predicted molar refractivity (Wildman–Crippen MR) is 55.4 cm³/mol. The first-order chi connectivity index (χ1) is 6.06. The average Bonchev–Trinajstić information content (AvgIpc) is 2.02. The SMILES string of the molecule is C#Cc1c(C)cc(N)nc1C(C)C. The minimum atomic E-state index is 0.313. The van der Waals surface area contributed by atoms with Crippen LogP contribution in [0, 0.1) is 19.3 Å². The van der Waals surface area contributed by atoms with Gasteiger partial charge in [0.2, 0.25) is 0 Å². The molecule has 0 aromatic carbocycles. The van der Waals surface area contributed by atoms with Gasteiger partial charge in [0.1, 0.15) is 5.82 Å². The van der Waals surface area contributed by atoms with Crippen molar-refractivity contribution in [2.75, 3.05) is 5.73 Å². The van der Waals surface area contributed by atoms with E-state index in [0.29, 0.717) is 11.7 Å². The van der Waals surface area contributed by atoms with Crippen LogP contribution in [0.4, 0.5) is 5.82 Å². The minimum absolute atomic E-state index is 0.313. The molecule has 0 saturated heterocycles. The van der Waals surface area contributed by atoms with E-state index >= 15 is 0 Å². The first-order valence-electron chi connectivity index (χ1n) is 4.30. The smallest absolute Gasteiger partial charge is 0.123 e. The fourth-order valence-corrected chi connectivity index (χ4v) is 1.33. The average molecular weight is 174 g/mol. The molecule has 0 saturated carbocycles. The summed E-state index contributed by atoms with van der Waals surface area (Å²) in [5, 5.41) is 0. The Morgan fingerprint density at radius 3 is 2.62 bits per heavy atom. The van der Waals surface area contributed by atoms with E-state index in [4.69, 9.17) is 12.2 Å². The number of aromatic nitrogens is 1. The Bertz CT molecular complexity index is 359. The Kier molecular flexibility index (Phi) is 2.57. The van der Waals surface area contributed by atoms with Crippen LogP contribution >= 0.6 is 0 Å². The van der Waals surface area contributed by atoms with Gasteiger partial charge in [0, 0.05) is 5.56 Å². The number of hydrogen-bond acceptors (Lipinski definition) is 2. The van der Waals surface area contributed by atoms with Gasteiger partial charge < -0.3 is 5.73 Å². The molecule has 0 fully saturated rings. The zero-order valence-corrected chi connectivity index (χ0v) is 8.26. The van der Waals surface area contributed by atoms with E-state index in [1.165, 1.54) is 0 Å². The van der Waals surface area contributed by atoms with Gasteiger partial charge in [-0.25, -0.2) is 4.98 Å². The van der Waals surface area contributed by atoms with Crippen molar-refractivity contribution in [3.05, 3.63) is 22.9 Å². The van der Waals surface area contributed by atoms with Crippen LogP contribution in [0.3, 0.4) is 0 Å². The van der Waals surface area contributed by atoms with E-state index in [1.54, 1.807) is 6.07 Å². The van der Waals surface area contributed by atoms with Crippen LogP contribution in [-0.4, -0.2) is 4.98 Å². The molecule has 0 aliphatic rings. The fraction of sp³-hybridized carbons (Fsp3) is 0.364. The summed E-state index contributed by atoms with van der Waals surface area (Å²) in [5.41, 5.74) is 8.46. The summed E-state index contributed by atoms with van der Waals surface area (Å²) in [7, 11) is 0. The third-order valence-electron chi connectivity index (χ3n) is 1.96. The summed E-state index contributed by atoms with van der Waals surface area (Å²) in [6.07, 6.45) is 5.41. The predicted octanol–water partition coefficient (Wildman–Crippen LogP) is 2.08. The molecule has 2 nitrogen and oxygen atoms in total. The maximum atomic E-state index is 5.64. The van der Waals surface area contributed by atoms with E-state index < -0.39 is 0 Å². The number of nitrogen functional groups attached to an aromatic ring is 1. The Labute approximate surface area is 79.2 Å². The highest BCUT2D eigenvalue weighted by atomic mass is 14.8. The number of rotatable bonds is 1. The second-order valence-corrected chi connectivity index (χ2v) is 3.42. The van der Waals surface area contributed by atoms with Crippen LogP contribution < -0.4 is 5.73 Å². The van der Waals surface area contributed by atoms with Crippen LogP contribution in [0.15, 0.2) is 6.07 Å². The molecule has 68 valence electrons. The van der Waals surface area contributed by atoms with Crippen LogP contribution in [0.5, 0.6) is 0 Å². The third-order valence-corrected chi connectivity index (χ3v) is 1.96. The maximum Gasteiger partial charge on any atom is 0.123 e. The van der Waals surface area contributed by atoms with E-state index in [9.17, 15) is 0 Å². The molecule has 0 atom stereocenters. The van der Waals surface area contributed by atoms with Crippen molar-refractivity contribution in [3.8, 4) is 12.3 Å². The van der Waals surface area contributed by atoms with Crippen molar-refractivity contribution in [1.82, 2.24) is 4.98 Å². The lowest BCUT2D eigenvalue weighted by atomic mass is 10.0. The lowest BCUT2D eigenvalue weighted by molar-refractivity contribution is 0.819. The zero-order valence-electron chi connectivity index (χ0n) is 8.26. The number of pyridine rings is 1. The Morgan fingerprint density at radius 1 is 1.54 bits per heavy atom. The van der Waals surface area contributed by atoms with Gasteiger partial charge in [0.05, 0.1) is 5.69 Å². The topological polar surface area (TPSA) is 38.9 Å². The molecule has 2 heteroatoms. The molecule has 1 rings (SSSR count). The monoisotopic (exact) mass is 174 g/mol. The molecule has 0 unspecified atom stereocenters. The highest BCUT2D eigenvalue weighted by Gasteiger charge is 2.09. The second kappa shape index (κ2) is 3.49. The highest BCUT2D eigenvalue weighted by Crippen LogP contribution is 2.21. The van der Waals surface area contributed by atoms with E-state index in [2.05, 4.69) is 24.8 Å². The molecule has 1 heterocycles. The van der Waals surface area contributed by atoms with Gasteiger partial charge in [0.15, 0.2) is 0 Å². The van der Waals surface area contributed by atoms with Crippen molar-refractivity contribution in [3.63, 3.8) is 0 Å². The summed E-state index contributed by atoms with van der Waals surface area (Å²) in [6.45, 7) is 6.07. The van der Waals surface area contributed by atoms with E-state index in [1.807, 2.05) is 6.92 Å². The molecule has 0 aliphatic heterocycles. The summed E-state index contributed by atoms with van der Waals surface area (Å²) < 4.78 is 0. The molecule has 0 aliphatic carbocycles. The van der Waals surface area contributed by atoms with Crippen LogP contribution in [0.2, 0.25) is 0 Å². The number of anilines is 1. The minimum Gasteiger partial charge on any atom is -0.384 e. The zero-order chi connectivity index (χ0) is 10.0. The van der Waals surface area contributed by atoms with Gasteiger partial charge in [-0.3, -0.25) is 0 Å². The van der Waals surface area contributed by atoms with Crippen molar-refractivity contribution >= 4 is 5.82 Å². The number of nitrogens with zero attached hydrogens (tertiary/aromatic N) is 1. The first-order valence-corrected chi connectivity index (χ1v) is 4.30. The largest absolute Gasteiger partial charge is 0.384 e. The third kappa shape index (κ3) is 1.81. The molecule has 0 spiro atoms. The molecular weight excluding hydrogens is 160 g/mol. The van der Waals surface area contributed by atoms with Gasteiger partial charge in [-0.1, -0.05) is 19.8 Å². The van der Waals surface area contributed by atoms with E-state index in [-0.39, 0.29) is 0 Å². The molecule has 0 amide bonds. The van der Waals surface area contributed by atoms with Gasteiger partial charge in [-0.2, -0.15) is 0 Å². The molecule has 1 aromatic heterocycles. The number of terminal acetylenes is 1. The quantitative estimate of drug-likeness (QED) is 0.662. The standard InChI is InChI=1S/C11H14N2/c1-5-9-8(4)6-10(12)13-11(9)7(2)3/h1,6-7H,2-4H3,(H2,12,13). The van der Waals surface area contributed by atoms with Crippen molar-refractivity contribution in [2.24, 2.45) is 0 Å². The summed E-state index contributed by atoms with van der Waals surface area (Å²) in [6, 6.07) is 1.81. The van der Waals surface area contributed by atoms with Gasteiger partial charge in [-0.15, -0.1) is 6.42 Å². The summed E-state index contributed by atoms with van der Waals surface area (Å²) in [5.74, 6) is 3.51. The van der Waals surface area contributed by atoms with Crippen molar-refractivity contribution < 1.29 is 0 Å². The number of aryl methyl sites for hydroxylation is 1. The Balaban J connectivity index is 3.41. The molecule has 0 bridgehead atoms. The highest BCUT2D eigenvalue weighted by molar-refractivity contribution is 5.49. The molecule has 2 N–H and O–H groups in total. The van der Waals surface area contributed by atoms with Crippen LogP contribution in [-0.2, 0) is 0 Å². The lowest BCUT2D eigenvalue weighted by Crippen LogP contribution is -2.03. The number of hydrogen-bond donors (Lipinski definition) is 1. The van der Waals surface area contributed by atoms with Crippen molar-refractivity contribution in [1.29, 1.82) is 0 Å². The van der Waals surface area contributed by atoms with Gasteiger partial charge in [-0.05, 0) is 24.5 Å². The first kappa shape index (κ1) is 9.60. The summed E-state index contributed by atoms with van der Waals surface area (Å²) in [4.78, 5) is 4.24. The van der Waals surface area contributed by atoms with Crippen molar-refractivity contribution in [2.45, 2.75) is 26.7 Å². The molecule has 0 radical (unpaired) electrons. The van der Waals surface area contributed by atoms with Gasteiger partial charge >= 0.3 is 0 Å². The van der Waals surface area contributed by atoms with Crippen LogP contribution in [0.25, 0.3) is 0 Å². The van der Waals surface area contributed by atoms with Gasteiger partial charge in [0.25, 0.3) is 0 Å². The molecular formula is C11H14N2. The van der Waals surface area contributed by atoms with E-state index in [0.717, 1.165) is 16.8 Å².